The molecule has 0 amide bonds. The van der Waals surface area contributed by atoms with Crippen LogP contribution in [-0.2, 0) is 0 Å². The van der Waals surface area contributed by atoms with Crippen molar-refractivity contribution in [3.05, 3.63) is 72.8 Å². The lowest BCUT2D eigenvalue weighted by Gasteiger charge is -2.51. The Bertz CT molecular complexity index is 1190. The second kappa shape index (κ2) is 11.4. The quantitative estimate of drug-likeness (QED) is 0.448. The van der Waals surface area contributed by atoms with Crippen LogP contribution in [0.2, 0.25) is 0 Å². The minimum absolute atomic E-state index is 0.169. The van der Waals surface area contributed by atoms with Crippen LogP contribution in [0.3, 0.4) is 0 Å². The van der Waals surface area contributed by atoms with Crippen molar-refractivity contribution in [2.75, 3.05) is 62.6 Å². The highest BCUT2D eigenvalue weighted by Crippen LogP contribution is 2.36. The number of fused-ring (bicyclic) bond motifs is 3. The van der Waals surface area contributed by atoms with Crippen molar-refractivity contribution in [1.29, 1.82) is 0 Å². The predicted molar refractivity (Wildman–Crippen MR) is 154 cm³/mol. The number of hydrogen-bond acceptors (Lipinski definition) is 5. The fraction of sp³-hybridized carbons (Fsp3) is 0.448. The Kier molecular flexibility index (Phi) is 7.58. The second-order valence-electron chi connectivity index (χ2n) is 10.8. The zero-order valence-electron chi connectivity index (χ0n) is 21.7. The minimum atomic E-state index is -0.169. The number of benzene rings is 2. The Morgan fingerprint density at radius 2 is 1.74 bits per heavy atom. The number of nitrogens with one attached hydrogen (secondary N) is 2. The molecule has 200 valence electrons. The van der Waals surface area contributed by atoms with Gasteiger partial charge in [-0.1, -0.05) is 0 Å². The van der Waals surface area contributed by atoms with Gasteiger partial charge in [0.2, 0.25) is 0 Å². The molecule has 5 heterocycles. The van der Waals surface area contributed by atoms with Crippen LogP contribution in [0.25, 0.3) is 5.69 Å². The largest absolute Gasteiger partial charge is 0.369 e. The van der Waals surface area contributed by atoms with Gasteiger partial charge in [0, 0.05) is 75.6 Å². The summed E-state index contributed by atoms with van der Waals surface area (Å²) in [6.45, 7) is 8.63. The third-order valence-corrected chi connectivity index (χ3v) is 8.71. The van der Waals surface area contributed by atoms with Crippen molar-refractivity contribution in [2.24, 2.45) is 11.8 Å². The van der Waals surface area contributed by atoms with Crippen molar-refractivity contribution in [1.82, 2.24) is 24.9 Å². The van der Waals surface area contributed by atoms with Crippen LogP contribution in [0.4, 0.5) is 15.8 Å². The highest BCUT2D eigenvalue weighted by molar-refractivity contribution is 7.80. The average Bonchev–Trinajstić information content (AvgIpc) is 3.49. The first-order valence-corrected chi connectivity index (χ1v) is 14.1. The number of anilines is 2. The van der Waals surface area contributed by atoms with Gasteiger partial charge in [-0.2, -0.15) is 5.10 Å². The molecule has 4 fully saturated rings. The van der Waals surface area contributed by atoms with Crippen molar-refractivity contribution in [3.8, 4) is 5.69 Å². The van der Waals surface area contributed by atoms with E-state index < -0.39 is 0 Å². The molecule has 0 radical (unpaired) electrons. The van der Waals surface area contributed by atoms with Crippen LogP contribution in [0.1, 0.15) is 12.8 Å². The minimum Gasteiger partial charge on any atom is -0.369 e. The van der Waals surface area contributed by atoms with Crippen LogP contribution in [0.5, 0.6) is 0 Å². The predicted octanol–water partition coefficient (Wildman–Crippen LogP) is 3.83. The summed E-state index contributed by atoms with van der Waals surface area (Å²) in [4.78, 5) is 7.68. The highest BCUT2D eigenvalue weighted by Gasteiger charge is 2.40. The molecule has 3 aromatic rings. The van der Waals surface area contributed by atoms with Gasteiger partial charge in [-0.3, -0.25) is 9.80 Å². The molecular formula is C29H36FN7S. The van der Waals surface area contributed by atoms with Crippen molar-refractivity contribution in [2.45, 2.75) is 18.9 Å². The van der Waals surface area contributed by atoms with Gasteiger partial charge >= 0.3 is 0 Å². The number of thiocarbonyl (C=S) groups is 1. The van der Waals surface area contributed by atoms with Crippen molar-refractivity contribution < 1.29 is 4.39 Å². The number of aromatic nitrogens is 2. The van der Waals surface area contributed by atoms with E-state index in [2.05, 4.69) is 30.4 Å². The smallest absolute Gasteiger partial charge is 0.170 e. The van der Waals surface area contributed by atoms with Gasteiger partial charge < -0.3 is 15.5 Å². The summed E-state index contributed by atoms with van der Waals surface area (Å²) < 4.78 is 15.1. The Hall–Kier alpha value is -3.01. The van der Waals surface area contributed by atoms with E-state index >= 15 is 0 Å². The van der Waals surface area contributed by atoms with Crippen molar-refractivity contribution >= 4 is 28.7 Å². The molecular weight excluding hydrogens is 497 g/mol. The second-order valence-corrected chi connectivity index (χ2v) is 11.2. The van der Waals surface area contributed by atoms with E-state index in [1.54, 1.807) is 18.3 Å². The van der Waals surface area contributed by atoms with E-state index in [4.69, 9.17) is 12.2 Å². The average molecular weight is 534 g/mol. The molecule has 4 saturated heterocycles. The monoisotopic (exact) mass is 533 g/mol. The SMILES string of the molecule is Fc1ccc(N2CCN(CC3CN4CCC3CC4CNC(=S)Nc3ccc(-n4cccn4)cc3)CC2)cc1. The van der Waals surface area contributed by atoms with Gasteiger partial charge in [-0.15, -0.1) is 0 Å². The zero-order valence-corrected chi connectivity index (χ0v) is 22.5. The van der Waals surface area contributed by atoms with Gasteiger partial charge in [0.1, 0.15) is 5.82 Å². The van der Waals surface area contributed by atoms with E-state index in [-0.39, 0.29) is 5.82 Å². The number of halogens is 1. The molecule has 0 saturated carbocycles. The number of rotatable bonds is 7. The fourth-order valence-corrected chi connectivity index (χ4v) is 6.55. The molecule has 0 spiro atoms. The summed E-state index contributed by atoms with van der Waals surface area (Å²) in [5.41, 5.74) is 3.13. The molecule has 7 nitrogen and oxygen atoms in total. The molecule has 4 aliphatic rings. The third-order valence-electron chi connectivity index (χ3n) is 8.46. The van der Waals surface area contributed by atoms with E-state index in [1.165, 1.54) is 32.5 Å². The molecule has 1 aromatic heterocycles. The first-order valence-electron chi connectivity index (χ1n) is 13.7. The summed E-state index contributed by atoms with van der Waals surface area (Å²) >= 11 is 5.60. The van der Waals surface area contributed by atoms with E-state index in [1.807, 2.05) is 53.3 Å². The summed E-state index contributed by atoms with van der Waals surface area (Å²) in [7, 11) is 0. The molecule has 4 atom stereocenters. The number of piperidine rings is 3. The molecule has 0 aliphatic carbocycles. The molecule has 4 aliphatic heterocycles. The van der Waals surface area contributed by atoms with Gasteiger partial charge in [0.05, 0.1) is 5.69 Å². The van der Waals surface area contributed by atoms with Crippen molar-refractivity contribution in [3.63, 3.8) is 0 Å². The topological polar surface area (TPSA) is 51.6 Å². The zero-order chi connectivity index (χ0) is 25.9. The van der Waals surface area contributed by atoms with Gasteiger partial charge in [0.15, 0.2) is 5.11 Å². The lowest BCUT2D eigenvalue weighted by atomic mass is 9.75. The van der Waals surface area contributed by atoms with Crippen LogP contribution in [0, 0.1) is 17.7 Å². The Labute approximate surface area is 229 Å². The normalized spacial score (nSPS) is 25.3. The number of piperazine rings is 1. The Morgan fingerprint density at radius 3 is 2.42 bits per heavy atom. The Morgan fingerprint density at radius 1 is 0.974 bits per heavy atom. The maximum atomic E-state index is 13.3. The first kappa shape index (κ1) is 25.3. The summed E-state index contributed by atoms with van der Waals surface area (Å²) in [5.74, 6) is 1.37. The Balaban J connectivity index is 0.936. The summed E-state index contributed by atoms with van der Waals surface area (Å²) in [6, 6.07) is 17.5. The van der Waals surface area contributed by atoms with Crippen LogP contribution < -0.4 is 15.5 Å². The molecule has 7 rings (SSSR count). The maximum Gasteiger partial charge on any atom is 0.170 e. The molecule has 4 unspecified atom stereocenters. The van der Waals surface area contributed by atoms with Gasteiger partial charge in [-0.25, -0.2) is 9.07 Å². The highest BCUT2D eigenvalue weighted by atomic mass is 32.1. The molecule has 38 heavy (non-hydrogen) atoms. The van der Waals surface area contributed by atoms with Gasteiger partial charge in [0.25, 0.3) is 0 Å². The molecule has 2 aromatic carbocycles. The summed E-state index contributed by atoms with van der Waals surface area (Å²) in [5, 5.41) is 11.7. The molecule has 2 N–H and O–H groups in total. The van der Waals surface area contributed by atoms with Crippen LogP contribution >= 0.6 is 12.2 Å². The van der Waals surface area contributed by atoms with Crippen LogP contribution in [0.15, 0.2) is 67.0 Å². The fourth-order valence-electron chi connectivity index (χ4n) is 6.35. The standard InChI is InChI=1S/C29H36FN7S/c30-24-2-6-26(7-3-24)35-16-14-34(15-17-35)20-23-21-36-13-10-22(23)18-28(36)19-31-29(38)33-25-4-8-27(9-5-25)37-12-1-11-32-37/h1-9,11-12,22-23,28H,10,13-21H2,(H2,31,33,38). The van der Waals surface area contributed by atoms with Crippen LogP contribution in [-0.4, -0.2) is 83.1 Å². The molecule has 9 heteroatoms. The molecule has 2 bridgehead atoms. The summed E-state index contributed by atoms with van der Waals surface area (Å²) in [6.07, 6.45) is 6.26. The van der Waals surface area contributed by atoms with E-state index in [0.717, 1.165) is 61.6 Å². The third kappa shape index (κ3) is 5.85. The van der Waals surface area contributed by atoms with Gasteiger partial charge in [-0.05, 0) is 98.0 Å². The van der Waals surface area contributed by atoms with E-state index in [0.29, 0.717) is 11.2 Å². The number of hydrogen-bond donors (Lipinski definition) is 2. The lowest BCUT2D eigenvalue weighted by Crippen LogP contribution is -2.59. The lowest BCUT2D eigenvalue weighted by molar-refractivity contribution is -0.0110. The first-order chi connectivity index (χ1) is 18.6. The maximum absolute atomic E-state index is 13.3. The van der Waals surface area contributed by atoms with E-state index in [9.17, 15) is 4.39 Å². The number of nitrogens with zero attached hydrogens (tertiary/aromatic N) is 5.